The molecule has 0 bridgehead atoms. The molecule has 1 aromatic rings. The van der Waals surface area contributed by atoms with Crippen LogP contribution in [-0.4, -0.2) is 32.4 Å². The van der Waals surface area contributed by atoms with E-state index in [1.54, 1.807) is 0 Å². The van der Waals surface area contributed by atoms with Crippen LogP contribution in [0.5, 0.6) is 0 Å². The number of anilines is 1. The molecule has 0 radical (unpaired) electrons. The summed E-state index contributed by atoms with van der Waals surface area (Å²) in [6, 6.07) is 1.59. The smallest absolute Gasteiger partial charge is 0.251 e. The number of carbonyl (C=O) groups excluding carboxylic acids is 1. The molecule has 0 aliphatic rings. The lowest BCUT2D eigenvalue weighted by molar-refractivity contribution is 0.0955. The second-order valence-electron chi connectivity index (χ2n) is 3.85. The Bertz CT molecular complexity index is 565. The van der Waals surface area contributed by atoms with Crippen LogP contribution in [-0.2, 0) is 9.84 Å². The van der Waals surface area contributed by atoms with Gasteiger partial charge in [-0.2, -0.15) is 0 Å². The van der Waals surface area contributed by atoms with E-state index in [9.17, 15) is 22.0 Å². The largest absolute Gasteiger partial charge is 0.394 e. The van der Waals surface area contributed by atoms with E-state index in [1.165, 1.54) is 6.92 Å². The predicted molar refractivity (Wildman–Crippen MR) is 67.4 cm³/mol. The lowest BCUT2D eigenvalue weighted by Crippen LogP contribution is -2.29. The van der Waals surface area contributed by atoms with E-state index in [1.807, 2.05) is 0 Å². The Morgan fingerprint density at radius 3 is 2.32 bits per heavy atom. The fraction of sp³-hybridized carbons (Fsp3) is 0.364. The standard InChI is InChI=1S/C11H14F2N2O3S/c1-2-19(17,18)4-3-15-11(16)7-5-8(12)10(14)9(13)6-7/h5-6H,2-4,14H2,1H3,(H,15,16). The number of nitrogens with two attached hydrogens (primary N) is 1. The van der Waals surface area contributed by atoms with Crippen molar-refractivity contribution in [1.82, 2.24) is 5.32 Å². The Labute approximate surface area is 109 Å². The van der Waals surface area contributed by atoms with E-state index in [4.69, 9.17) is 5.73 Å². The zero-order chi connectivity index (χ0) is 14.6. The summed E-state index contributed by atoms with van der Waals surface area (Å²) in [5, 5.41) is 2.27. The van der Waals surface area contributed by atoms with Crippen LogP contribution >= 0.6 is 0 Å². The average Bonchev–Trinajstić information content (AvgIpc) is 2.35. The quantitative estimate of drug-likeness (QED) is 0.782. The van der Waals surface area contributed by atoms with Gasteiger partial charge in [0.25, 0.3) is 5.91 Å². The monoisotopic (exact) mass is 292 g/mol. The van der Waals surface area contributed by atoms with Crippen LogP contribution in [0.15, 0.2) is 12.1 Å². The molecule has 0 unspecified atom stereocenters. The SMILES string of the molecule is CCS(=O)(=O)CCNC(=O)c1cc(F)c(N)c(F)c1. The first kappa shape index (κ1) is 15.4. The fourth-order valence-electron chi connectivity index (χ4n) is 1.28. The molecule has 0 fully saturated rings. The lowest BCUT2D eigenvalue weighted by atomic mass is 10.2. The van der Waals surface area contributed by atoms with Gasteiger partial charge in [0.2, 0.25) is 0 Å². The van der Waals surface area contributed by atoms with E-state index in [0.717, 1.165) is 12.1 Å². The molecule has 0 aliphatic heterocycles. The molecule has 19 heavy (non-hydrogen) atoms. The summed E-state index contributed by atoms with van der Waals surface area (Å²) in [7, 11) is -3.20. The highest BCUT2D eigenvalue weighted by Crippen LogP contribution is 2.17. The molecule has 0 saturated carbocycles. The summed E-state index contributed by atoms with van der Waals surface area (Å²) in [6.45, 7) is 1.37. The molecular formula is C11H14F2N2O3S. The number of carbonyl (C=O) groups is 1. The van der Waals surface area contributed by atoms with Crippen molar-refractivity contribution in [3.05, 3.63) is 29.3 Å². The number of amides is 1. The molecule has 3 N–H and O–H groups in total. The minimum absolute atomic E-state index is 0.0337. The highest BCUT2D eigenvalue weighted by Gasteiger charge is 2.14. The van der Waals surface area contributed by atoms with Crippen molar-refractivity contribution in [1.29, 1.82) is 0 Å². The van der Waals surface area contributed by atoms with Crippen molar-refractivity contribution in [2.45, 2.75) is 6.92 Å². The van der Waals surface area contributed by atoms with Crippen LogP contribution in [0.4, 0.5) is 14.5 Å². The van der Waals surface area contributed by atoms with Gasteiger partial charge in [-0.05, 0) is 12.1 Å². The molecular weight excluding hydrogens is 278 g/mol. The van der Waals surface area contributed by atoms with Crippen LogP contribution in [0.25, 0.3) is 0 Å². The van der Waals surface area contributed by atoms with Gasteiger partial charge in [0, 0.05) is 17.9 Å². The maximum Gasteiger partial charge on any atom is 0.251 e. The molecule has 0 heterocycles. The van der Waals surface area contributed by atoms with E-state index in [2.05, 4.69) is 5.32 Å². The Hall–Kier alpha value is -1.70. The van der Waals surface area contributed by atoms with E-state index in [0.29, 0.717) is 0 Å². The fourth-order valence-corrected chi connectivity index (χ4v) is 1.98. The van der Waals surface area contributed by atoms with Crippen molar-refractivity contribution in [2.24, 2.45) is 0 Å². The highest BCUT2D eigenvalue weighted by molar-refractivity contribution is 7.91. The third-order valence-corrected chi connectivity index (χ3v) is 4.19. The van der Waals surface area contributed by atoms with Crippen molar-refractivity contribution in [2.75, 3.05) is 23.8 Å². The first-order chi connectivity index (χ1) is 8.76. The molecule has 8 heteroatoms. The maximum atomic E-state index is 13.1. The molecule has 1 amide bonds. The zero-order valence-electron chi connectivity index (χ0n) is 10.2. The minimum atomic E-state index is -3.20. The summed E-state index contributed by atoms with van der Waals surface area (Å²) < 4.78 is 48.6. The molecule has 106 valence electrons. The summed E-state index contributed by atoms with van der Waals surface area (Å²) in [6.07, 6.45) is 0. The first-order valence-electron chi connectivity index (χ1n) is 5.50. The zero-order valence-corrected chi connectivity index (χ0v) is 11.1. The number of hydrogen-bond acceptors (Lipinski definition) is 4. The summed E-state index contributed by atoms with van der Waals surface area (Å²) in [5.41, 5.74) is 4.15. The van der Waals surface area contributed by atoms with Crippen molar-refractivity contribution >= 4 is 21.4 Å². The third kappa shape index (κ3) is 4.16. The summed E-state index contributed by atoms with van der Waals surface area (Å²) >= 11 is 0. The Balaban J connectivity index is 2.70. The Morgan fingerprint density at radius 1 is 1.32 bits per heavy atom. The topological polar surface area (TPSA) is 89.3 Å². The Morgan fingerprint density at radius 2 is 1.84 bits per heavy atom. The number of nitrogen functional groups attached to an aromatic ring is 1. The number of halogens is 2. The van der Waals surface area contributed by atoms with Gasteiger partial charge in [-0.25, -0.2) is 17.2 Å². The van der Waals surface area contributed by atoms with Crippen LogP contribution in [0.1, 0.15) is 17.3 Å². The maximum absolute atomic E-state index is 13.1. The van der Waals surface area contributed by atoms with E-state index in [-0.39, 0.29) is 23.6 Å². The third-order valence-electron chi connectivity index (χ3n) is 2.48. The van der Waals surface area contributed by atoms with Crippen molar-refractivity contribution in [3.63, 3.8) is 0 Å². The predicted octanol–water partition coefficient (Wildman–Crippen LogP) is 0.712. The molecule has 0 saturated heterocycles. The van der Waals surface area contributed by atoms with Gasteiger partial charge in [-0.1, -0.05) is 6.92 Å². The molecule has 1 aromatic carbocycles. The molecule has 0 aromatic heterocycles. The van der Waals surface area contributed by atoms with Gasteiger partial charge in [-0.15, -0.1) is 0 Å². The van der Waals surface area contributed by atoms with Gasteiger partial charge in [0.05, 0.1) is 5.75 Å². The van der Waals surface area contributed by atoms with Gasteiger partial charge in [0.1, 0.15) is 17.3 Å². The number of nitrogens with one attached hydrogen (secondary N) is 1. The second kappa shape index (κ2) is 5.96. The lowest BCUT2D eigenvalue weighted by Gasteiger charge is -2.07. The van der Waals surface area contributed by atoms with Crippen LogP contribution in [0.3, 0.4) is 0 Å². The number of sulfone groups is 1. The molecule has 1 rings (SSSR count). The molecule has 0 spiro atoms. The van der Waals surface area contributed by atoms with Gasteiger partial charge >= 0.3 is 0 Å². The van der Waals surface area contributed by atoms with Crippen LogP contribution < -0.4 is 11.1 Å². The minimum Gasteiger partial charge on any atom is -0.394 e. The molecule has 0 atom stereocenters. The highest BCUT2D eigenvalue weighted by atomic mass is 32.2. The van der Waals surface area contributed by atoms with Gasteiger partial charge in [-0.3, -0.25) is 4.79 Å². The summed E-state index contributed by atoms with van der Waals surface area (Å²) in [4.78, 5) is 11.6. The van der Waals surface area contributed by atoms with Crippen molar-refractivity contribution < 1.29 is 22.0 Å². The van der Waals surface area contributed by atoms with E-state index < -0.39 is 33.1 Å². The second-order valence-corrected chi connectivity index (χ2v) is 6.32. The summed E-state index contributed by atoms with van der Waals surface area (Å²) in [5.74, 6) is -3.09. The van der Waals surface area contributed by atoms with Crippen LogP contribution in [0.2, 0.25) is 0 Å². The van der Waals surface area contributed by atoms with Crippen molar-refractivity contribution in [3.8, 4) is 0 Å². The average molecular weight is 292 g/mol. The number of rotatable bonds is 5. The number of benzene rings is 1. The first-order valence-corrected chi connectivity index (χ1v) is 7.32. The van der Waals surface area contributed by atoms with Gasteiger partial charge in [0.15, 0.2) is 9.84 Å². The number of hydrogen-bond donors (Lipinski definition) is 2. The normalized spacial score (nSPS) is 11.3. The Kier molecular flexibility index (Phi) is 4.82. The molecule has 5 nitrogen and oxygen atoms in total. The van der Waals surface area contributed by atoms with Crippen LogP contribution in [0, 0.1) is 11.6 Å². The van der Waals surface area contributed by atoms with E-state index >= 15 is 0 Å². The van der Waals surface area contributed by atoms with Gasteiger partial charge < -0.3 is 11.1 Å². The molecule has 0 aliphatic carbocycles.